The van der Waals surface area contributed by atoms with Crippen molar-refractivity contribution in [1.82, 2.24) is 15.5 Å². The Bertz CT molecular complexity index is 996. The van der Waals surface area contributed by atoms with E-state index in [1.807, 2.05) is 30.3 Å². The summed E-state index contributed by atoms with van der Waals surface area (Å²) in [6.07, 6.45) is 0. The fourth-order valence-electron chi connectivity index (χ4n) is 2.42. The Morgan fingerprint density at radius 2 is 1.88 bits per heavy atom. The van der Waals surface area contributed by atoms with Gasteiger partial charge < -0.3 is 10.6 Å². The summed E-state index contributed by atoms with van der Waals surface area (Å²) in [6, 6.07) is 14.2. The highest BCUT2D eigenvalue weighted by Crippen LogP contribution is 2.14. The van der Waals surface area contributed by atoms with Gasteiger partial charge in [-0.3, -0.25) is 19.5 Å². The highest BCUT2D eigenvalue weighted by atomic mass is 16.2. The van der Waals surface area contributed by atoms with Crippen molar-refractivity contribution >= 4 is 28.4 Å². The van der Waals surface area contributed by atoms with Crippen LogP contribution < -0.4 is 16.1 Å². The van der Waals surface area contributed by atoms with Crippen LogP contribution in [0.1, 0.15) is 23.0 Å². The standard InChI is InChI=1S/C18H16N4O3/c1-11(23)20-13-7-8-15-14(9-13)17(24)16(22-21-15)18(25)19-10-12-5-3-2-4-6-12/h2-9H,10H2,1H3,(H,19,25)(H,20,23)(H,21,24). The van der Waals surface area contributed by atoms with Gasteiger partial charge in [0.25, 0.3) is 5.91 Å². The molecule has 0 aliphatic rings. The van der Waals surface area contributed by atoms with Gasteiger partial charge in [0.15, 0.2) is 5.69 Å². The van der Waals surface area contributed by atoms with Crippen LogP contribution in [-0.2, 0) is 11.3 Å². The minimum atomic E-state index is -0.558. The molecule has 3 rings (SSSR count). The quantitative estimate of drug-likeness (QED) is 0.676. The van der Waals surface area contributed by atoms with Crippen molar-refractivity contribution < 1.29 is 9.59 Å². The van der Waals surface area contributed by atoms with Gasteiger partial charge in [-0.15, -0.1) is 0 Å². The van der Waals surface area contributed by atoms with E-state index in [1.54, 1.807) is 12.1 Å². The number of benzene rings is 2. The van der Waals surface area contributed by atoms with Crippen LogP contribution in [0.5, 0.6) is 0 Å². The number of aromatic nitrogens is 2. The molecule has 126 valence electrons. The maximum atomic E-state index is 12.6. The second-order valence-corrected chi connectivity index (χ2v) is 5.51. The highest BCUT2D eigenvalue weighted by molar-refractivity contribution is 5.96. The van der Waals surface area contributed by atoms with Gasteiger partial charge in [0.05, 0.1) is 10.9 Å². The average Bonchev–Trinajstić information content (AvgIpc) is 2.61. The Kier molecular flexibility index (Phi) is 4.56. The summed E-state index contributed by atoms with van der Waals surface area (Å²) in [6.45, 7) is 1.67. The molecule has 0 spiro atoms. The van der Waals surface area contributed by atoms with Crippen molar-refractivity contribution in [2.45, 2.75) is 13.5 Å². The van der Waals surface area contributed by atoms with E-state index < -0.39 is 11.3 Å². The number of aromatic amines is 1. The third-order valence-electron chi connectivity index (χ3n) is 3.60. The van der Waals surface area contributed by atoms with Gasteiger partial charge in [0.2, 0.25) is 11.3 Å². The number of hydrogen-bond donors (Lipinski definition) is 3. The minimum Gasteiger partial charge on any atom is -0.346 e. The summed E-state index contributed by atoms with van der Waals surface area (Å²) in [5.74, 6) is -0.803. The number of H-pyrrole nitrogens is 1. The molecule has 1 aromatic heterocycles. The van der Waals surface area contributed by atoms with Gasteiger partial charge >= 0.3 is 0 Å². The normalized spacial score (nSPS) is 10.4. The lowest BCUT2D eigenvalue weighted by Crippen LogP contribution is -2.30. The topological polar surface area (TPSA) is 104 Å². The first-order chi connectivity index (χ1) is 12.0. The van der Waals surface area contributed by atoms with E-state index in [0.717, 1.165) is 5.56 Å². The lowest BCUT2D eigenvalue weighted by Gasteiger charge is -2.07. The molecule has 0 fully saturated rings. The van der Waals surface area contributed by atoms with Gasteiger partial charge in [-0.2, -0.15) is 5.10 Å². The van der Waals surface area contributed by atoms with E-state index in [2.05, 4.69) is 20.8 Å². The molecule has 0 atom stereocenters. The van der Waals surface area contributed by atoms with Crippen molar-refractivity contribution in [3.63, 3.8) is 0 Å². The summed E-state index contributed by atoms with van der Waals surface area (Å²) < 4.78 is 0. The molecule has 0 saturated carbocycles. The Morgan fingerprint density at radius 1 is 1.12 bits per heavy atom. The number of hydrogen-bond acceptors (Lipinski definition) is 4. The van der Waals surface area contributed by atoms with Gasteiger partial charge in [-0.1, -0.05) is 30.3 Å². The van der Waals surface area contributed by atoms with Crippen LogP contribution in [0.4, 0.5) is 5.69 Å². The molecule has 3 aromatic rings. The largest absolute Gasteiger partial charge is 0.346 e. The number of carbonyl (C=O) groups is 2. The molecule has 0 radical (unpaired) electrons. The zero-order valence-corrected chi connectivity index (χ0v) is 13.5. The van der Waals surface area contributed by atoms with Crippen molar-refractivity contribution in [2.24, 2.45) is 0 Å². The van der Waals surface area contributed by atoms with E-state index in [0.29, 0.717) is 17.7 Å². The zero-order valence-electron chi connectivity index (χ0n) is 13.5. The lowest BCUT2D eigenvalue weighted by atomic mass is 10.1. The summed E-state index contributed by atoms with van der Waals surface area (Å²) in [7, 11) is 0. The second-order valence-electron chi connectivity index (χ2n) is 5.51. The molecule has 7 heteroatoms. The third-order valence-corrected chi connectivity index (χ3v) is 3.60. The van der Waals surface area contributed by atoms with Crippen molar-refractivity contribution in [2.75, 3.05) is 5.32 Å². The van der Waals surface area contributed by atoms with E-state index in [9.17, 15) is 14.4 Å². The second kappa shape index (κ2) is 6.96. The molecule has 0 aliphatic heterocycles. The number of rotatable bonds is 4. The molecule has 3 N–H and O–H groups in total. The van der Waals surface area contributed by atoms with Gasteiger partial charge in [-0.25, -0.2) is 0 Å². The third kappa shape index (κ3) is 3.72. The van der Waals surface area contributed by atoms with Gasteiger partial charge in [0, 0.05) is 19.2 Å². The summed E-state index contributed by atoms with van der Waals surface area (Å²) in [4.78, 5) is 36.0. The number of nitrogens with zero attached hydrogens (tertiary/aromatic N) is 1. The molecule has 0 bridgehead atoms. The molecule has 0 aliphatic carbocycles. The van der Waals surface area contributed by atoms with Crippen molar-refractivity contribution in [1.29, 1.82) is 0 Å². The first-order valence-electron chi connectivity index (χ1n) is 7.67. The maximum Gasteiger partial charge on any atom is 0.276 e. The zero-order chi connectivity index (χ0) is 17.8. The summed E-state index contributed by atoms with van der Waals surface area (Å²) >= 11 is 0. The fourth-order valence-corrected chi connectivity index (χ4v) is 2.42. The Labute approximate surface area is 143 Å². The van der Waals surface area contributed by atoms with Crippen LogP contribution in [0.3, 0.4) is 0 Å². The molecule has 0 unspecified atom stereocenters. The van der Waals surface area contributed by atoms with E-state index in [1.165, 1.54) is 13.0 Å². The molecule has 2 aromatic carbocycles. The molecule has 1 heterocycles. The number of anilines is 1. The monoisotopic (exact) mass is 336 g/mol. The van der Waals surface area contributed by atoms with Crippen LogP contribution >= 0.6 is 0 Å². The Morgan fingerprint density at radius 3 is 2.60 bits per heavy atom. The number of carbonyl (C=O) groups excluding carboxylic acids is 2. The molecular formula is C18H16N4O3. The molecule has 0 saturated heterocycles. The molecule has 2 amide bonds. The fraction of sp³-hybridized carbons (Fsp3) is 0.111. The Hall–Kier alpha value is -3.48. The number of nitrogens with one attached hydrogen (secondary N) is 3. The minimum absolute atomic E-state index is 0.219. The van der Waals surface area contributed by atoms with Crippen LogP contribution in [0, 0.1) is 0 Å². The summed E-state index contributed by atoms with van der Waals surface area (Å²) in [5.41, 5.74) is 1.17. The van der Waals surface area contributed by atoms with Crippen molar-refractivity contribution in [3.8, 4) is 0 Å². The van der Waals surface area contributed by atoms with Gasteiger partial charge in [0.1, 0.15) is 0 Å². The van der Waals surface area contributed by atoms with Crippen LogP contribution in [-0.4, -0.2) is 22.0 Å². The van der Waals surface area contributed by atoms with Crippen LogP contribution in [0.15, 0.2) is 53.3 Å². The predicted octanol–water partition coefficient (Wildman–Crippen LogP) is 1.81. The molecule has 7 nitrogen and oxygen atoms in total. The Balaban J connectivity index is 1.88. The van der Waals surface area contributed by atoms with Crippen LogP contribution in [0.2, 0.25) is 0 Å². The maximum absolute atomic E-state index is 12.6. The first kappa shape index (κ1) is 16.4. The number of fused-ring (bicyclic) bond motifs is 1. The first-order valence-corrected chi connectivity index (χ1v) is 7.67. The van der Waals surface area contributed by atoms with Crippen LogP contribution in [0.25, 0.3) is 10.9 Å². The average molecular weight is 336 g/mol. The highest BCUT2D eigenvalue weighted by Gasteiger charge is 2.15. The van der Waals surface area contributed by atoms with E-state index >= 15 is 0 Å². The van der Waals surface area contributed by atoms with Crippen molar-refractivity contribution in [3.05, 3.63) is 70.0 Å². The van der Waals surface area contributed by atoms with E-state index in [-0.39, 0.29) is 17.0 Å². The smallest absolute Gasteiger partial charge is 0.276 e. The molecular weight excluding hydrogens is 320 g/mol. The number of amides is 2. The van der Waals surface area contributed by atoms with Gasteiger partial charge in [-0.05, 0) is 23.8 Å². The molecule has 25 heavy (non-hydrogen) atoms. The predicted molar refractivity (Wildman–Crippen MR) is 94.3 cm³/mol. The summed E-state index contributed by atoms with van der Waals surface area (Å²) in [5, 5.41) is 12.1. The van der Waals surface area contributed by atoms with E-state index in [4.69, 9.17) is 0 Å². The SMILES string of the molecule is CC(=O)Nc1ccc2[nH]nc(C(=O)NCc3ccccc3)c(=O)c2c1. The lowest BCUT2D eigenvalue weighted by molar-refractivity contribution is -0.114.